The van der Waals surface area contributed by atoms with Crippen molar-refractivity contribution in [2.24, 2.45) is 0 Å². The quantitative estimate of drug-likeness (QED) is 0.476. The van der Waals surface area contributed by atoms with E-state index in [-0.39, 0.29) is 0 Å². The lowest BCUT2D eigenvalue weighted by molar-refractivity contribution is 0.386. The van der Waals surface area contributed by atoms with Crippen LogP contribution in [-0.2, 0) is 4.74 Å². The molecule has 1 heterocycles. The molecule has 3 heteroatoms. The molecule has 0 aromatic heterocycles. The summed E-state index contributed by atoms with van der Waals surface area (Å²) < 4.78 is 6.52. The molecule has 0 aromatic rings. The maximum atomic E-state index is 5.28. The van der Waals surface area contributed by atoms with Gasteiger partial charge in [-0.15, -0.1) is 0 Å². The molecule has 1 nitrogen and oxygen atoms in total. The molecule has 50 valence electrons. The van der Waals surface area contributed by atoms with Crippen molar-refractivity contribution in [1.29, 1.82) is 0 Å². The highest BCUT2D eigenvalue weighted by Crippen LogP contribution is 2.40. The van der Waals surface area contributed by atoms with E-state index in [9.17, 15) is 0 Å². The summed E-state index contributed by atoms with van der Waals surface area (Å²) in [7, 11) is 0. The smallest absolute Gasteiger partial charge is 0.103 e. The zero-order valence-corrected chi connectivity index (χ0v) is 7.85. The first-order valence-electron chi connectivity index (χ1n) is 2.94. The summed E-state index contributed by atoms with van der Waals surface area (Å²) >= 11 is 6.98. The summed E-state index contributed by atoms with van der Waals surface area (Å²) in [4.78, 5) is 0.487. The molecule has 1 fully saturated rings. The van der Waals surface area contributed by atoms with Crippen molar-refractivity contribution < 1.29 is 4.74 Å². The van der Waals surface area contributed by atoms with E-state index in [4.69, 9.17) is 4.74 Å². The van der Waals surface area contributed by atoms with Crippen LogP contribution in [0.5, 0.6) is 0 Å². The van der Waals surface area contributed by atoms with E-state index in [1.165, 1.54) is 4.48 Å². The Morgan fingerprint density at radius 2 is 2.44 bits per heavy atom. The van der Waals surface area contributed by atoms with Gasteiger partial charge in [0.2, 0.25) is 0 Å². The SMILES string of the molecule is BrC1=C[C@H]2O[C@H]2CC1Br. The zero-order chi connectivity index (χ0) is 6.43. The molecule has 0 spiro atoms. The Labute approximate surface area is 70.7 Å². The van der Waals surface area contributed by atoms with Gasteiger partial charge >= 0.3 is 0 Å². The van der Waals surface area contributed by atoms with Gasteiger partial charge in [-0.1, -0.05) is 31.9 Å². The van der Waals surface area contributed by atoms with Gasteiger partial charge in [0.25, 0.3) is 0 Å². The van der Waals surface area contributed by atoms with Crippen LogP contribution in [0.4, 0.5) is 0 Å². The summed E-state index contributed by atoms with van der Waals surface area (Å²) in [6, 6.07) is 0. The molecule has 3 atom stereocenters. The van der Waals surface area contributed by atoms with Crippen LogP contribution in [-0.4, -0.2) is 17.0 Å². The summed E-state index contributed by atoms with van der Waals surface area (Å²) in [6.45, 7) is 0. The normalized spacial score (nSPS) is 47.8. The Morgan fingerprint density at radius 3 is 3.11 bits per heavy atom. The van der Waals surface area contributed by atoms with E-state index in [0.717, 1.165) is 6.42 Å². The highest BCUT2D eigenvalue weighted by molar-refractivity contribution is 9.14. The predicted molar refractivity (Wildman–Crippen MR) is 43.0 cm³/mol. The van der Waals surface area contributed by atoms with Crippen LogP contribution in [0.25, 0.3) is 0 Å². The highest BCUT2D eigenvalue weighted by atomic mass is 79.9. The lowest BCUT2D eigenvalue weighted by Gasteiger charge is -2.09. The fourth-order valence-electron chi connectivity index (χ4n) is 1.07. The summed E-state index contributed by atoms with van der Waals surface area (Å²) in [5.41, 5.74) is 0. The van der Waals surface area contributed by atoms with Crippen molar-refractivity contribution in [2.45, 2.75) is 23.5 Å². The van der Waals surface area contributed by atoms with E-state index in [1.807, 2.05) is 0 Å². The van der Waals surface area contributed by atoms with Gasteiger partial charge in [-0.2, -0.15) is 0 Å². The average Bonchev–Trinajstić information content (AvgIpc) is 2.46. The zero-order valence-electron chi connectivity index (χ0n) is 4.68. The van der Waals surface area contributed by atoms with Crippen LogP contribution in [0, 0.1) is 0 Å². The van der Waals surface area contributed by atoms with Crippen molar-refractivity contribution in [1.82, 2.24) is 0 Å². The number of hydrogen-bond donors (Lipinski definition) is 0. The minimum absolute atomic E-state index is 0.424. The van der Waals surface area contributed by atoms with E-state index in [0.29, 0.717) is 17.0 Å². The largest absolute Gasteiger partial charge is 0.365 e. The third kappa shape index (κ3) is 1.10. The number of fused-ring (bicyclic) bond motifs is 1. The molecular weight excluding hydrogens is 248 g/mol. The highest BCUT2D eigenvalue weighted by Gasteiger charge is 2.42. The molecule has 0 amide bonds. The fraction of sp³-hybridized carbons (Fsp3) is 0.667. The number of epoxide rings is 1. The van der Waals surface area contributed by atoms with Gasteiger partial charge in [-0.3, -0.25) is 0 Å². The first-order valence-corrected chi connectivity index (χ1v) is 4.65. The maximum Gasteiger partial charge on any atom is 0.103 e. The third-order valence-electron chi connectivity index (χ3n) is 1.68. The van der Waals surface area contributed by atoms with Crippen LogP contribution in [0.2, 0.25) is 0 Å². The molecule has 2 rings (SSSR count). The van der Waals surface area contributed by atoms with Gasteiger partial charge < -0.3 is 4.74 Å². The molecule has 2 aliphatic rings. The van der Waals surface area contributed by atoms with Crippen molar-refractivity contribution in [2.75, 3.05) is 0 Å². The van der Waals surface area contributed by atoms with Crippen LogP contribution in [0.1, 0.15) is 6.42 Å². The van der Waals surface area contributed by atoms with Crippen LogP contribution in [0.3, 0.4) is 0 Å². The number of allylic oxidation sites excluding steroid dienone is 1. The molecule has 9 heavy (non-hydrogen) atoms. The van der Waals surface area contributed by atoms with E-state index in [2.05, 4.69) is 37.9 Å². The van der Waals surface area contributed by atoms with Gasteiger partial charge in [0.05, 0.1) is 6.10 Å². The second-order valence-electron chi connectivity index (χ2n) is 2.39. The summed E-state index contributed by atoms with van der Waals surface area (Å²) in [5.74, 6) is 0. The predicted octanol–water partition coefficient (Wildman–Crippen LogP) is 2.20. The van der Waals surface area contributed by atoms with Gasteiger partial charge in [0.1, 0.15) is 6.10 Å². The number of rotatable bonds is 0. The first kappa shape index (κ1) is 6.38. The Balaban J connectivity index is 2.18. The molecule has 1 aliphatic carbocycles. The van der Waals surface area contributed by atoms with Crippen molar-refractivity contribution in [3.63, 3.8) is 0 Å². The maximum absolute atomic E-state index is 5.28. The molecule has 0 radical (unpaired) electrons. The average molecular weight is 254 g/mol. The molecule has 1 unspecified atom stereocenters. The van der Waals surface area contributed by atoms with E-state index < -0.39 is 0 Å². The van der Waals surface area contributed by atoms with Crippen LogP contribution in [0.15, 0.2) is 10.6 Å². The van der Waals surface area contributed by atoms with Crippen LogP contribution < -0.4 is 0 Å². The molecule has 0 aromatic carbocycles. The summed E-state index contributed by atoms with van der Waals surface area (Å²) in [5, 5.41) is 0. The number of alkyl halides is 1. The number of ether oxygens (including phenoxy) is 1. The second-order valence-corrected chi connectivity index (χ2v) is 4.41. The van der Waals surface area contributed by atoms with Crippen molar-refractivity contribution in [3.8, 4) is 0 Å². The van der Waals surface area contributed by atoms with Crippen molar-refractivity contribution >= 4 is 31.9 Å². The lowest BCUT2D eigenvalue weighted by Crippen LogP contribution is -2.09. The fourth-order valence-corrected chi connectivity index (χ4v) is 2.04. The van der Waals surface area contributed by atoms with Crippen LogP contribution >= 0.6 is 31.9 Å². The second kappa shape index (κ2) is 2.07. The number of halogens is 2. The summed E-state index contributed by atoms with van der Waals surface area (Å²) in [6.07, 6.45) is 4.18. The van der Waals surface area contributed by atoms with Gasteiger partial charge in [0.15, 0.2) is 0 Å². The van der Waals surface area contributed by atoms with Crippen molar-refractivity contribution in [3.05, 3.63) is 10.6 Å². The van der Waals surface area contributed by atoms with E-state index >= 15 is 0 Å². The van der Waals surface area contributed by atoms with E-state index in [1.54, 1.807) is 0 Å². The van der Waals surface area contributed by atoms with Gasteiger partial charge in [0, 0.05) is 9.31 Å². The Bertz CT molecular complexity index is 166. The third-order valence-corrected chi connectivity index (χ3v) is 3.98. The molecular formula is C6H6Br2O. The number of hydrogen-bond acceptors (Lipinski definition) is 1. The molecule has 1 aliphatic heterocycles. The Morgan fingerprint density at radius 1 is 1.67 bits per heavy atom. The van der Waals surface area contributed by atoms with Gasteiger partial charge in [-0.05, 0) is 12.5 Å². The topological polar surface area (TPSA) is 12.5 Å². The monoisotopic (exact) mass is 252 g/mol. The minimum atomic E-state index is 0.424. The standard InChI is InChI=1S/C6H6Br2O/c7-3-1-5-6(9-5)2-4(3)8/h1,4-6H,2H2/t4?,5-,6+/m1/s1. The first-order chi connectivity index (χ1) is 4.27. The Kier molecular flexibility index (Phi) is 1.47. The lowest BCUT2D eigenvalue weighted by atomic mass is 10.1. The Hall–Kier alpha value is 0.660. The molecule has 0 N–H and O–H groups in total. The minimum Gasteiger partial charge on any atom is -0.365 e. The molecule has 1 saturated heterocycles. The molecule has 0 saturated carbocycles. The molecule has 0 bridgehead atoms. The van der Waals surface area contributed by atoms with Gasteiger partial charge in [-0.25, -0.2) is 0 Å².